The summed E-state index contributed by atoms with van der Waals surface area (Å²) in [6.45, 7) is 2.35. The Hall–Kier alpha value is -6.11. The van der Waals surface area contributed by atoms with E-state index in [1.807, 2.05) is 115 Å². The minimum atomic E-state index is -1.22. The van der Waals surface area contributed by atoms with Crippen molar-refractivity contribution >= 4 is 11.7 Å². The maximum absolute atomic E-state index is 13.9. The van der Waals surface area contributed by atoms with Gasteiger partial charge in [-0.05, 0) is 65.6 Å². The van der Waals surface area contributed by atoms with Crippen molar-refractivity contribution in [3.63, 3.8) is 0 Å². The van der Waals surface area contributed by atoms with Gasteiger partial charge in [-0.3, -0.25) is 9.36 Å². The average molecular weight is 766 g/mol. The molecule has 11 heteroatoms. The molecule has 0 unspecified atom stereocenters. The van der Waals surface area contributed by atoms with Gasteiger partial charge in [0.05, 0.1) is 34.0 Å². The molecule has 0 aliphatic carbocycles. The topological polar surface area (TPSA) is 119 Å². The van der Waals surface area contributed by atoms with Crippen LogP contribution < -0.4 is 20.5 Å². The molecule has 5 aromatic carbocycles. The number of ether oxygens (including phenoxy) is 6. The Bertz CT molecular complexity index is 2310. The predicted octanol–water partition coefficient (Wildman–Crippen LogP) is 7.08. The van der Waals surface area contributed by atoms with Crippen molar-refractivity contribution in [3.8, 4) is 11.5 Å². The van der Waals surface area contributed by atoms with Crippen LogP contribution >= 0.6 is 0 Å². The smallest absolute Gasteiger partial charge is 0.351 e. The Morgan fingerprint density at radius 2 is 1.37 bits per heavy atom. The van der Waals surface area contributed by atoms with Crippen molar-refractivity contribution in [2.24, 2.45) is 0 Å². The van der Waals surface area contributed by atoms with E-state index in [2.05, 4.69) is 10.3 Å². The van der Waals surface area contributed by atoms with Crippen LogP contribution in [0.1, 0.15) is 44.4 Å². The summed E-state index contributed by atoms with van der Waals surface area (Å²) in [6, 6.07) is 44.2. The molecule has 3 heterocycles. The van der Waals surface area contributed by atoms with E-state index < -0.39 is 35.3 Å². The number of amides is 1. The molecule has 1 N–H and O–H groups in total. The zero-order valence-electron chi connectivity index (χ0n) is 31.9. The van der Waals surface area contributed by atoms with E-state index in [0.717, 1.165) is 22.3 Å². The molecule has 0 saturated carbocycles. The van der Waals surface area contributed by atoms with Gasteiger partial charge in [0.15, 0.2) is 6.23 Å². The SMILES string of the molecule is COc1ccc(C(O[C@H]2[C@H]3OC[C@@]2(COCc2ccccc2)O[C@H]3n2cc(C)c(NC(=O)c3ccccc3)nc2=O)(c2ccccc2)c2ccc(OC)cc2)cc1. The standard InChI is InChI=1S/C46H43N3O8/c1-31-27-49(44(51)48-41(31)47-42(50)33-15-9-5-10-16-33)43-39-40(45(57-43,30-55-39)29-54-28-32-13-7-4-8-14-32)56-46(34-17-11-6-12-18-34,35-19-23-37(52-2)24-20-35)36-21-25-38(53-3)26-22-36/h4-27,39-40,43H,28-30H2,1-3H3,(H,47,48,50,51)/t39-,40+,43-,45-/m1/s1. The molecule has 0 radical (unpaired) electrons. The van der Waals surface area contributed by atoms with Crippen LogP contribution in [-0.4, -0.2) is 60.7 Å². The van der Waals surface area contributed by atoms with Gasteiger partial charge in [-0.1, -0.05) is 103 Å². The lowest BCUT2D eigenvalue weighted by molar-refractivity contribution is -0.199. The fraction of sp³-hybridized carbons (Fsp3) is 0.239. The first kappa shape index (κ1) is 37.8. The second-order valence-corrected chi connectivity index (χ2v) is 14.2. The zero-order chi connectivity index (χ0) is 39.4. The molecule has 0 spiro atoms. The van der Waals surface area contributed by atoms with E-state index >= 15 is 0 Å². The Balaban J connectivity index is 1.22. The van der Waals surface area contributed by atoms with Crippen LogP contribution in [0.3, 0.4) is 0 Å². The second kappa shape index (κ2) is 16.2. The quantitative estimate of drug-likeness (QED) is 0.116. The molecule has 1 aromatic heterocycles. The highest BCUT2D eigenvalue weighted by Crippen LogP contribution is 2.52. The van der Waals surface area contributed by atoms with Gasteiger partial charge in [0.1, 0.15) is 40.7 Å². The van der Waals surface area contributed by atoms with E-state index in [1.165, 1.54) is 4.57 Å². The van der Waals surface area contributed by atoms with Crippen molar-refractivity contribution < 1.29 is 33.2 Å². The van der Waals surface area contributed by atoms with E-state index in [0.29, 0.717) is 29.2 Å². The Kier molecular flexibility index (Phi) is 10.7. The van der Waals surface area contributed by atoms with E-state index in [-0.39, 0.29) is 24.9 Å². The number of rotatable bonds is 14. The summed E-state index contributed by atoms with van der Waals surface area (Å²) in [5, 5.41) is 2.78. The predicted molar refractivity (Wildman–Crippen MR) is 214 cm³/mol. The lowest BCUT2D eigenvalue weighted by Gasteiger charge is -2.40. The highest BCUT2D eigenvalue weighted by Gasteiger charge is 2.65. The molecular weight excluding hydrogens is 723 g/mol. The van der Waals surface area contributed by atoms with Gasteiger partial charge in [0.2, 0.25) is 0 Å². The fourth-order valence-electron chi connectivity index (χ4n) is 7.67. The number of anilines is 1. The number of benzene rings is 5. The number of hydrogen-bond donors (Lipinski definition) is 1. The maximum Gasteiger partial charge on any atom is 0.351 e. The first-order valence-electron chi connectivity index (χ1n) is 18.7. The largest absolute Gasteiger partial charge is 0.497 e. The summed E-state index contributed by atoms with van der Waals surface area (Å²) in [5.41, 5.74) is 1.53. The molecule has 1 amide bonds. The number of fused-ring (bicyclic) bond motifs is 2. The number of methoxy groups -OCH3 is 2. The number of aromatic nitrogens is 2. The minimum Gasteiger partial charge on any atom is -0.497 e. The molecule has 8 rings (SSSR count). The first-order chi connectivity index (χ1) is 27.8. The van der Waals surface area contributed by atoms with Gasteiger partial charge in [0, 0.05) is 17.3 Å². The molecule has 2 aliphatic heterocycles. The van der Waals surface area contributed by atoms with Crippen molar-refractivity contribution in [1.82, 2.24) is 9.55 Å². The first-order valence-corrected chi connectivity index (χ1v) is 18.7. The third kappa shape index (κ3) is 7.34. The van der Waals surface area contributed by atoms with Gasteiger partial charge in [0.25, 0.3) is 5.91 Å². The van der Waals surface area contributed by atoms with Gasteiger partial charge in [-0.2, -0.15) is 4.98 Å². The summed E-state index contributed by atoms with van der Waals surface area (Å²) < 4.78 is 40.1. The molecular formula is C46H43N3O8. The van der Waals surface area contributed by atoms with Gasteiger partial charge in [-0.15, -0.1) is 0 Å². The number of aryl methyl sites for hydroxylation is 1. The average Bonchev–Trinajstić information content (AvgIpc) is 3.75. The normalized spacial score (nSPS) is 19.9. The molecule has 2 aliphatic rings. The molecule has 2 saturated heterocycles. The molecule has 4 atom stereocenters. The lowest BCUT2D eigenvalue weighted by atomic mass is 9.79. The minimum absolute atomic E-state index is 0.0992. The van der Waals surface area contributed by atoms with Crippen LogP contribution in [0.5, 0.6) is 11.5 Å². The molecule has 57 heavy (non-hydrogen) atoms. The Labute approximate surface area is 330 Å². The highest BCUT2D eigenvalue weighted by molar-refractivity contribution is 6.04. The Morgan fingerprint density at radius 1 is 0.807 bits per heavy atom. The third-order valence-electron chi connectivity index (χ3n) is 10.6. The summed E-state index contributed by atoms with van der Waals surface area (Å²) in [6.07, 6.45) is -0.847. The van der Waals surface area contributed by atoms with Crippen LogP contribution in [0.4, 0.5) is 5.82 Å². The monoisotopic (exact) mass is 765 g/mol. The summed E-state index contributed by atoms with van der Waals surface area (Å²) in [4.78, 5) is 31.3. The molecule has 2 bridgehead atoms. The van der Waals surface area contributed by atoms with E-state index in [4.69, 9.17) is 28.4 Å². The second-order valence-electron chi connectivity index (χ2n) is 14.2. The number of carbonyl (C=O) groups excluding carboxylic acids is 1. The van der Waals surface area contributed by atoms with Crippen LogP contribution in [0.15, 0.2) is 151 Å². The van der Waals surface area contributed by atoms with Crippen molar-refractivity contribution in [2.75, 3.05) is 32.8 Å². The summed E-state index contributed by atoms with van der Waals surface area (Å²) in [7, 11) is 3.26. The number of hydrogen-bond acceptors (Lipinski definition) is 9. The summed E-state index contributed by atoms with van der Waals surface area (Å²) >= 11 is 0. The molecule has 6 aromatic rings. The number of nitrogens with zero attached hydrogens (tertiary/aromatic N) is 2. The Morgan fingerprint density at radius 3 is 1.96 bits per heavy atom. The van der Waals surface area contributed by atoms with Crippen molar-refractivity contribution in [3.05, 3.63) is 190 Å². The third-order valence-corrected chi connectivity index (χ3v) is 10.6. The van der Waals surface area contributed by atoms with Crippen LogP contribution in [0, 0.1) is 6.92 Å². The molecule has 11 nitrogen and oxygen atoms in total. The lowest BCUT2D eigenvalue weighted by Crippen LogP contribution is -2.50. The highest BCUT2D eigenvalue weighted by atomic mass is 16.7. The van der Waals surface area contributed by atoms with Crippen molar-refractivity contribution in [1.29, 1.82) is 0 Å². The van der Waals surface area contributed by atoms with Gasteiger partial charge >= 0.3 is 5.69 Å². The van der Waals surface area contributed by atoms with Crippen LogP contribution in [0.25, 0.3) is 0 Å². The summed E-state index contributed by atoms with van der Waals surface area (Å²) in [5.74, 6) is 1.17. The van der Waals surface area contributed by atoms with Crippen LogP contribution in [0.2, 0.25) is 0 Å². The number of carbonyl (C=O) groups is 1. The van der Waals surface area contributed by atoms with E-state index in [1.54, 1.807) is 51.6 Å². The molecule has 2 fully saturated rings. The molecule has 290 valence electrons. The van der Waals surface area contributed by atoms with Gasteiger partial charge < -0.3 is 33.7 Å². The zero-order valence-corrected chi connectivity index (χ0v) is 31.9. The fourth-order valence-corrected chi connectivity index (χ4v) is 7.67. The van der Waals surface area contributed by atoms with Crippen LogP contribution in [-0.2, 0) is 31.2 Å². The van der Waals surface area contributed by atoms with Crippen molar-refractivity contribution in [2.45, 2.75) is 43.2 Å². The van der Waals surface area contributed by atoms with E-state index in [9.17, 15) is 9.59 Å². The maximum atomic E-state index is 13.9. The number of nitrogens with one attached hydrogen (secondary N) is 1. The van der Waals surface area contributed by atoms with Gasteiger partial charge in [-0.25, -0.2) is 4.79 Å².